The molecule has 1 aromatic heterocycles. The Morgan fingerprint density at radius 2 is 1.79 bits per heavy atom. The maximum atomic E-state index is 12.4. The number of aryl methyl sites for hydroxylation is 1. The molecular weight excluding hydrogens is 306 g/mol. The molecule has 0 bridgehead atoms. The van der Waals surface area contributed by atoms with Crippen molar-refractivity contribution in [3.8, 4) is 0 Å². The van der Waals surface area contributed by atoms with Gasteiger partial charge in [-0.15, -0.1) is 0 Å². The number of likely N-dealkylation sites (tertiary alicyclic amines) is 2. The van der Waals surface area contributed by atoms with E-state index in [-0.39, 0.29) is 24.0 Å². The van der Waals surface area contributed by atoms with Gasteiger partial charge < -0.3 is 15.1 Å². The molecule has 7 nitrogen and oxygen atoms in total. The fraction of sp³-hybridized carbons (Fsp3) is 0.706. The van der Waals surface area contributed by atoms with E-state index in [1.165, 1.54) is 0 Å². The van der Waals surface area contributed by atoms with Crippen LogP contribution < -0.4 is 5.32 Å². The Hall–Kier alpha value is -2.05. The van der Waals surface area contributed by atoms with Crippen molar-refractivity contribution in [1.82, 2.24) is 24.9 Å². The van der Waals surface area contributed by atoms with Gasteiger partial charge in [0.2, 0.25) is 5.91 Å². The number of carbonyl (C=O) groups excluding carboxylic acids is 2. The topological polar surface area (TPSA) is 70.5 Å². The number of hydrogen-bond donors (Lipinski definition) is 1. The van der Waals surface area contributed by atoms with Crippen LogP contribution in [0.5, 0.6) is 0 Å². The predicted octanol–water partition coefficient (Wildman–Crippen LogP) is 1.55. The molecule has 1 N–H and O–H groups in total. The van der Waals surface area contributed by atoms with Crippen molar-refractivity contribution in [2.24, 2.45) is 0 Å². The van der Waals surface area contributed by atoms with Crippen LogP contribution in [-0.2, 0) is 4.79 Å². The lowest BCUT2D eigenvalue weighted by molar-refractivity contribution is -0.125. The van der Waals surface area contributed by atoms with Crippen molar-refractivity contribution in [1.29, 1.82) is 0 Å². The molecule has 0 radical (unpaired) electrons. The second-order valence-corrected chi connectivity index (χ2v) is 6.92. The summed E-state index contributed by atoms with van der Waals surface area (Å²) in [4.78, 5) is 28.6. The maximum absolute atomic E-state index is 12.4. The van der Waals surface area contributed by atoms with Crippen LogP contribution in [0.15, 0.2) is 12.4 Å². The molecule has 24 heavy (non-hydrogen) atoms. The quantitative estimate of drug-likeness (QED) is 0.912. The summed E-state index contributed by atoms with van der Waals surface area (Å²) in [5.74, 6) is -0.0116. The summed E-state index contributed by atoms with van der Waals surface area (Å²) in [6.45, 7) is 7.02. The molecule has 2 fully saturated rings. The number of rotatable bonds is 3. The number of hydrogen-bond acceptors (Lipinski definition) is 3. The molecule has 2 saturated heterocycles. The van der Waals surface area contributed by atoms with E-state index in [4.69, 9.17) is 0 Å². The Labute approximate surface area is 143 Å². The van der Waals surface area contributed by atoms with Crippen molar-refractivity contribution >= 4 is 11.9 Å². The minimum Gasteiger partial charge on any atom is -0.351 e. The molecule has 0 spiro atoms. The highest BCUT2D eigenvalue weighted by atomic mass is 16.2. The first-order valence-electron chi connectivity index (χ1n) is 8.89. The average molecular weight is 333 g/mol. The number of amides is 3. The standard InChI is InChI=1S/C17H27N5O2/c1-13-11-18-22(12-13)14(2)16(23)19-15-5-9-21(10-6-15)17(24)20-7-3-4-8-20/h11-12,14-15H,3-10H2,1-2H3,(H,19,23). The van der Waals surface area contributed by atoms with Crippen molar-refractivity contribution in [2.45, 2.75) is 51.6 Å². The van der Waals surface area contributed by atoms with Gasteiger partial charge in [0, 0.05) is 38.4 Å². The van der Waals surface area contributed by atoms with Crippen LogP contribution in [-0.4, -0.2) is 63.7 Å². The van der Waals surface area contributed by atoms with Gasteiger partial charge in [-0.05, 0) is 45.1 Å². The van der Waals surface area contributed by atoms with E-state index in [0.717, 1.165) is 57.4 Å². The maximum Gasteiger partial charge on any atom is 0.319 e. The second kappa shape index (κ2) is 7.23. The van der Waals surface area contributed by atoms with E-state index in [1.54, 1.807) is 10.9 Å². The number of nitrogens with one attached hydrogen (secondary N) is 1. The minimum atomic E-state index is -0.317. The largest absolute Gasteiger partial charge is 0.351 e. The smallest absolute Gasteiger partial charge is 0.319 e. The zero-order chi connectivity index (χ0) is 17.1. The third-order valence-electron chi connectivity index (χ3n) is 5.00. The number of carbonyl (C=O) groups is 2. The highest BCUT2D eigenvalue weighted by Gasteiger charge is 2.29. The van der Waals surface area contributed by atoms with Crippen LogP contribution >= 0.6 is 0 Å². The summed E-state index contributed by atoms with van der Waals surface area (Å²) in [7, 11) is 0. The predicted molar refractivity (Wildman–Crippen MR) is 90.6 cm³/mol. The lowest BCUT2D eigenvalue weighted by atomic mass is 10.0. The third-order valence-corrected chi connectivity index (χ3v) is 5.00. The lowest BCUT2D eigenvalue weighted by Crippen LogP contribution is -2.50. The van der Waals surface area contributed by atoms with E-state index in [9.17, 15) is 9.59 Å². The average Bonchev–Trinajstić information content (AvgIpc) is 3.25. The van der Waals surface area contributed by atoms with E-state index in [2.05, 4.69) is 10.4 Å². The van der Waals surface area contributed by atoms with Crippen LogP contribution in [0.25, 0.3) is 0 Å². The van der Waals surface area contributed by atoms with Gasteiger partial charge in [-0.2, -0.15) is 5.10 Å². The monoisotopic (exact) mass is 333 g/mol. The van der Waals surface area contributed by atoms with Crippen molar-refractivity contribution in [3.05, 3.63) is 18.0 Å². The van der Waals surface area contributed by atoms with E-state index in [0.29, 0.717) is 0 Å². The summed E-state index contributed by atoms with van der Waals surface area (Å²) in [6.07, 6.45) is 7.49. The van der Waals surface area contributed by atoms with Crippen molar-refractivity contribution in [2.75, 3.05) is 26.2 Å². The molecule has 0 aliphatic carbocycles. The van der Waals surface area contributed by atoms with Gasteiger partial charge in [0.05, 0.1) is 6.20 Å². The van der Waals surface area contributed by atoms with Gasteiger partial charge in [-0.3, -0.25) is 9.48 Å². The third kappa shape index (κ3) is 3.71. The Morgan fingerprint density at radius 3 is 2.38 bits per heavy atom. The molecule has 132 valence electrons. The normalized spacial score (nSPS) is 20.2. The molecule has 1 aromatic rings. The lowest BCUT2D eigenvalue weighted by Gasteiger charge is -2.35. The summed E-state index contributed by atoms with van der Waals surface area (Å²) in [5, 5.41) is 7.31. The van der Waals surface area contributed by atoms with Gasteiger partial charge in [0.1, 0.15) is 6.04 Å². The molecule has 3 amide bonds. The first-order valence-corrected chi connectivity index (χ1v) is 8.89. The molecule has 1 unspecified atom stereocenters. The van der Waals surface area contributed by atoms with Gasteiger partial charge in [-0.1, -0.05) is 0 Å². The molecule has 2 aliphatic rings. The number of nitrogens with zero attached hydrogens (tertiary/aromatic N) is 4. The van der Waals surface area contributed by atoms with Gasteiger partial charge >= 0.3 is 6.03 Å². The first-order chi connectivity index (χ1) is 11.5. The molecule has 3 rings (SSSR count). The van der Waals surface area contributed by atoms with Crippen LogP contribution in [0.3, 0.4) is 0 Å². The van der Waals surface area contributed by atoms with Crippen LogP contribution in [0.4, 0.5) is 4.79 Å². The molecule has 0 saturated carbocycles. The van der Waals surface area contributed by atoms with E-state index < -0.39 is 0 Å². The summed E-state index contributed by atoms with van der Waals surface area (Å²) < 4.78 is 1.69. The van der Waals surface area contributed by atoms with Gasteiger partial charge in [0.15, 0.2) is 0 Å². The van der Waals surface area contributed by atoms with Crippen molar-refractivity contribution in [3.63, 3.8) is 0 Å². The number of urea groups is 1. The number of aromatic nitrogens is 2. The minimum absolute atomic E-state index is 0.0116. The summed E-state index contributed by atoms with van der Waals surface area (Å²) >= 11 is 0. The van der Waals surface area contributed by atoms with Crippen molar-refractivity contribution < 1.29 is 9.59 Å². The van der Waals surface area contributed by atoms with Gasteiger partial charge in [0.25, 0.3) is 0 Å². The molecule has 3 heterocycles. The Bertz CT molecular complexity index is 586. The van der Waals surface area contributed by atoms with Crippen LogP contribution in [0.1, 0.15) is 44.2 Å². The Kier molecular flexibility index (Phi) is 5.06. The Morgan fingerprint density at radius 1 is 1.17 bits per heavy atom. The summed E-state index contributed by atoms with van der Waals surface area (Å²) in [5.41, 5.74) is 1.04. The molecule has 0 aromatic carbocycles. The molecule has 2 aliphatic heterocycles. The van der Waals surface area contributed by atoms with Crippen LogP contribution in [0.2, 0.25) is 0 Å². The summed E-state index contributed by atoms with van der Waals surface area (Å²) in [6, 6.07) is -0.0140. The number of piperidine rings is 1. The Balaban J connectivity index is 1.46. The molecule has 7 heteroatoms. The highest BCUT2D eigenvalue weighted by Crippen LogP contribution is 2.17. The molecule has 1 atom stereocenters. The fourth-order valence-corrected chi connectivity index (χ4v) is 3.41. The van der Waals surface area contributed by atoms with Crippen LogP contribution in [0, 0.1) is 6.92 Å². The van der Waals surface area contributed by atoms with E-state index >= 15 is 0 Å². The van der Waals surface area contributed by atoms with E-state index in [1.807, 2.05) is 29.8 Å². The fourth-order valence-electron chi connectivity index (χ4n) is 3.41. The molecular formula is C17H27N5O2. The zero-order valence-electron chi connectivity index (χ0n) is 14.6. The van der Waals surface area contributed by atoms with Gasteiger partial charge in [-0.25, -0.2) is 4.79 Å². The first kappa shape index (κ1) is 16.8. The second-order valence-electron chi connectivity index (χ2n) is 6.92. The SMILES string of the molecule is Cc1cnn(C(C)C(=O)NC2CCN(C(=O)N3CCCC3)CC2)c1. The zero-order valence-corrected chi connectivity index (χ0v) is 14.6. The highest BCUT2D eigenvalue weighted by molar-refractivity contribution is 5.80.